The molecule has 0 fully saturated rings. The average molecular weight is 394 g/mol. The number of carbonyl (C=O) groups is 1. The van der Waals surface area contributed by atoms with E-state index in [2.05, 4.69) is 71.0 Å². The van der Waals surface area contributed by atoms with Crippen LogP contribution in [0.3, 0.4) is 0 Å². The van der Waals surface area contributed by atoms with Crippen molar-refractivity contribution in [2.24, 2.45) is 0 Å². The molecule has 146 valence electrons. The van der Waals surface area contributed by atoms with Crippen LogP contribution in [-0.2, 0) is 11.3 Å². The zero-order chi connectivity index (χ0) is 19.8. The van der Waals surface area contributed by atoms with Crippen molar-refractivity contribution in [2.75, 3.05) is 18.0 Å². The van der Waals surface area contributed by atoms with Crippen molar-refractivity contribution < 1.29 is 4.79 Å². The van der Waals surface area contributed by atoms with Gasteiger partial charge in [-0.15, -0.1) is 11.3 Å². The molecule has 0 aliphatic heterocycles. The number of carbonyl (C=O) groups excluding carboxylic acids is 1. The molecule has 0 atom stereocenters. The van der Waals surface area contributed by atoms with Crippen LogP contribution >= 0.6 is 11.3 Å². The molecule has 0 bridgehead atoms. The van der Waals surface area contributed by atoms with Crippen LogP contribution < -0.4 is 10.2 Å². The molecule has 0 aliphatic rings. The normalized spacial score (nSPS) is 11.0. The standard InChI is InChI=1S/C23H27N3OS/c1-3-26(18(2)27)23-25-21(17-28-23)16-24-15-14-22(19-10-6-4-7-11-19)20-12-8-5-9-13-20/h4-13,17,22,24H,3,14-16H2,1-2H3. The predicted octanol–water partition coefficient (Wildman–Crippen LogP) is 4.83. The lowest BCUT2D eigenvalue weighted by Crippen LogP contribution is -2.27. The fourth-order valence-corrected chi connectivity index (χ4v) is 4.29. The van der Waals surface area contributed by atoms with E-state index < -0.39 is 0 Å². The van der Waals surface area contributed by atoms with E-state index in [9.17, 15) is 4.79 Å². The number of aromatic nitrogens is 1. The van der Waals surface area contributed by atoms with E-state index in [0.717, 1.165) is 23.8 Å². The van der Waals surface area contributed by atoms with E-state index in [4.69, 9.17) is 0 Å². The Morgan fingerprint density at radius 1 is 1.07 bits per heavy atom. The van der Waals surface area contributed by atoms with Crippen LogP contribution in [0.5, 0.6) is 0 Å². The minimum atomic E-state index is 0.0323. The molecule has 0 radical (unpaired) electrons. The number of benzene rings is 2. The number of anilines is 1. The highest BCUT2D eigenvalue weighted by atomic mass is 32.1. The van der Waals surface area contributed by atoms with Crippen molar-refractivity contribution in [3.05, 3.63) is 82.9 Å². The summed E-state index contributed by atoms with van der Waals surface area (Å²) < 4.78 is 0. The van der Waals surface area contributed by atoms with Gasteiger partial charge in [-0.05, 0) is 31.0 Å². The Labute approximate surface area is 171 Å². The van der Waals surface area contributed by atoms with E-state index >= 15 is 0 Å². The highest BCUT2D eigenvalue weighted by Crippen LogP contribution is 2.27. The summed E-state index contributed by atoms with van der Waals surface area (Å²) in [6.07, 6.45) is 1.01. The average Bonchev–Trinajstić information content (AvgIpc) is 3.18. The number of thiazole rings is 1. The number of nitrogens with zero attached hydrogens (tertiary/aromatic N) is 2. The molecular formula is C23H27N3OS. The molecule has 0 spiro atoms. The van der Waals surface area contributed by atoms with Crippen LogP contribution in [0.1, 0.15) is 43.0 Å². The van der Waals surface area contributed by atoms with E-state index in [1.165, 1.54) is 22.5 Å². The summed E-state index contributed by atoms with van der Waals surface area (Å²) in [6.45, 7) is 5.80. The fourth-order valence-electron chi connectivity index (χ4n) is 3.35. The van der Waals surface area contributed by atoms with E-state index in [1.807, 2.05) is 12.3 Å². The van der Waals surface area contributed by atoms with E-state index in [-0.39, 0.29) is 5.91 Å². The van der Waals surface area contributed by atoms with Crippen LogP contribution in [0.4, 0.5) is 5.13 Å². The van der Waals surface area contributed by atoms with Crippen molar-refractivity contribution >= 4 is 22.4 Å². The number of hydrogen-bond acceptors (Lipinski definition) is 4. The predicted molar refractivity (Wildman–Crippen MR) is 117 cm³/mol. The summed E-state index contributed by atoms with van der Waals surface area (Å²) >= 11 is 1.52. The van der Waals surface area contributed by atoms with Gasteiger partial charge in [0.1, 0.15) is 0 Å². The lowest BCUT2D eigenvalue weighted by Gasteiger charge is -2.18. The second-order valence-corrected chi connectivity index (χ2v) is 7.56. The van der Waals surface area contributed by atoms with Gasteiger partial charge in [-0.3, -0.25) is 9.69 Å². The number of amides is 1. The summed E-state index contributed by atoms with van der Waals surface area (Å²) in [5.74, 6) is 0.402. The minimum Gasteiger partial charge on any atom is -0.311 e. The smallest absolute Gasteiger partial charge is 0.225 e. The minimum absolute atomic E-state index is 0.0323. The van der Waals surface area contributed by atoms with E-state index in [1.54, 1.807) is 11.8 Å². The molecule has 0 unspecified atom stereocenters. The molecule has 28 heavy (non-hydrogen) atoms. The molecule has 3 aromatic rings. The van der Waals surface area contributed by atoms with Gasteiger partial charge in [-0.2, -0.15) is 0 Å². The summed E-state index contributed by atoms with van der Waals surface area (Å²) in [5.41, 5.74) is 3.66. The molecule has 1 aromatic heterocycles. The first-order valence-electron chi connectivity index (χ1n) is 9.72. The lowest BCUT2D eigenvalue weighted by molar-refractivity contribution is -0.116. The SMILES string of the molecule is CCN(C(C)=O)c1nc(CNCCC(c2ccccc2)c2ccccc2)cs1. The molecular weight excluding hydrogens is 366 g/mol. The maximum atomic E-state index is 11.7. The van der Waals surface area contributed by atoms with Crippen LogP contribution in [0.25, 0.3) is 0 Å². The molecule has 5 heteroatoms. The fraction of sp³-hybridized carbons (Fsp3) is 0.304. The molecule has 3 rings (SSSR count). The summed E-state index contributed by atoms with van der Waals surface area (Å²) in [7, 11) is 0. The van der Waals surface area contributed by atoms with Crippen LogP contribution in [0.2, 0.25) is 0 Å². The Hall–Kier alpha value is -2.50. The lowest BCUT2D eigenvalue weighted by atomic mass is 9.88. The maximum absolute atomic E-state index is 11.7. The Balaban J connectivity index is 1.58. The highest BCUT2D eigenvalue weighted by Gasteiger charge is 2.15. The molecule has 1 N–H and O–H groups in total. The third-order valence-electron chi connectivity index (χ3n) is 4.79. The third-order valence-corrected chi connectivity index (χ3v) is 5.70. The summed E-state index contributed by atoms with van der Waals surface area (Å²) in [6, 6.07) is 21.3. The van der Waals surface area contributed by atoms with Crippen molar-refractivity contribution in [1.29, 1.82) is 0 Å². The Morgan fingerprint density at radius 2 is 1.68 bits per heavy atom. The van der Waals surface area contributed by atoms with Gasteiger partial charge in [0.2, 0.25) is 5.91 Å². The van der Waals surface area contributed by atoms with Crippen molar-refractivity contribution in [2.45, 2.75) is 32.7 Å². The van der Waals surface area contributed by atoms with Crippen molar-refractivity contribution in [1.82, 2.24) is 10.3 Å². The van der Waals surface area contributed by atoms with Crippen molar-refractivity contribution in [3.8, 4) is 0 Å². The number of hydrogen-bond donors (Lipinski definition) is 1. The van der Waals surface area contributed by atoms with Crippen molar-refractivity contribution in [3.63, 3.8) is 0 Å². The van der Waals surface area contributed by atoms with Gasteiger partial charge in [0.05, 0.1) is 5.69 Å². The Bertz CT molecular complexity index is 824. The topological polar surface area (TPSA) is 45.2 Å². The summed E-state index contributed by atoms with van der Waals surface area (Å²) in [4.78, 5) is 18.0. The molecule has 0 saturated heterocycles. The van der Waals surface area contributed by atoms with Gasteiger partial charge in [0.25, 0.3) is 0 Å². The van der Waals surface area contributed by atoms with Gasteiger partial charge in [0, 0.05) is 31.3 Å². The highest BCUT2D eigenvalue weighted by molar-refractivity contribution is 7.14. The molecule has 2 aromatic carbocycles. The Morgan fingerprint density at radius 3 is 2.21 bits per heavy atom. The molecule has 0 saturated carbocycles. The maximum Gasteiger partial charge on any atom is 0.225 e. The second-order valence-electron chi connectivity index (χ2n) is 6.72. The zero-order valence-corrected chi connectivity index (χ0v) is 17.3. The molecule has 1 heterocycles. The Kier molecular flexibility index (Phi) is 7.34. The first kappa shape index (κ1) is 20.2. The van der Waals surface area contributed by atoms with E-state index in [0.29, 0.717) is 19.0 Å². The molecule has 1 amide bonds. The zero-order valence-electron chi connectivity index (χ0n) is 16.5. The van der Waals surface area contributed by atoms with Gasteiger partial charge in [0.15, 0.2) is 5.13 Å². The van der Waals surface area contributed by atoms with Crippen LogP contribution in [0, 0.1) is 0 Å². The summed E-state index contributed by atoms with van der Waals surface area (Å²) in [5, 5.41) is 6.32. The molecule has 4 nitrogen and oxygen atoms in total. The first-order chi connectivity index (χ1) is 13.7. The van der Waals surface area contributed by atoms with Crippen LogP contribution in [0.15, 0.2) is 66.0 Å². The monoisotopic (exact) mass is 393 g/mol. The first-order valence-corrected chi connectivity index (χ1v) is 10.6. The second kappa shape index (κ2) is 10.2. The quantitative estimate of drug-likeness (QED) is 0.530. The number of rotatable bonds is 9. The van der Waals surface area contributed by atoms with Gasteiger partial charge in [-0.25, -0.2) is 4.98 Å². The number of nitrogens with one attached hydrogen (secondary N) is 1. The van der Waals surface area contributed by atoms with Gasteiger partial charge in [-0.1, -0.05) is 60.7 Å². The largest absolute Gasteiger partial charge is 0.311 e. The van der Waals surface area contributed by atoms with Gasteiger partial charge >= 0.3 is 0 Å². The van der Waals surface area contributed by atoms with Crippen LogP contribution in [-0.4, -0.2) is 24.0 Å². The van der Waals surface area contributed by atoms with Gasteiger partial charge < -0.3 is 5.32 Å². The molecule has 0 aliphatic carbocycles. The third kappa shape index (κ3) is 5.27.